The van der Waals surface area contributed by atoms with Crippen molar-refractivity contribution in [1.29, 1.82) is 0 Å². The Hall–Kier alpha value is -0.200. The van der Waals surface area contributed by atoms with Gasteiger partial charge in [0.15, 0.2) is 0 Å². The molecule has 62 valence electrons. The highest BCUT2D eigenvalue weighted by Crippen LogP contribution is 2.13. The van der Waals surface area contributed by atoms with Gasteiger partial charge in [0.1, 0.15) is 0 Å². The summed E-state index contributed by atoms with van der Waals surface area (Å²) in [4.78, 5) is 0.597. The van der Waals surface area contributed by atoms with Gasteiger partial charge in [-0.2, -0.15) is 0 Å². The van der Waals surface area contributed by atoms with Crippen LogP contribution in [0.25, 0.3) is 0 Å². The highest BCUT2D eigenvalue weighted by Gasteiger charge is 2.35. The Morgan fingerprint density at radius 3 is 1.10 bits per heavy atom. The molecule has 0 heterocycles. The Morgan fingerprint density at radius 2 is 1.10 bits per heavy atom. The maximum atomic E-state index is 8.78. The summed E-state index contributed by atoms with van der Waals surface area (Å²) in [5.41, 5.74) is 0. The molecule has 0 aromatic rings. The van der Waals surface area contributed by atoms with Crippen molar-refractivity contribution >= 4 is 0 Å². The second-order valence-corrected chi connectivity index (χ2v) is 2.50. The third-order valence-electron chi connectivity index (χ3n) is 1.27. The summed E-state index contributed by atoms with van der Waals surface area (Å²) in [6.45, 7) is 2.05. The number of aliphatic hydroxyl groups is 4. The van der Waals surface area contributed by atoms with E-state index in [4.69, 9.17) is 20.4 Å². The topological polar surface area (TPSA) is 84.2 Å². The molecule has 0 rings (SSSR count). The fourth-order valence-corrected chi connectivity index (χ4v) is 0.401. The van der Waals surface area contributed by atoms with Crippen LogP contribution in [0.15, 0.2) is 0 Å². The van der Waals surface area contributed by atoms with E-state index < -0.39 is 11.8 Å². The molecule has 0 aliphatic carbocycles. The van der Waals surface area contributed by atoms with Crippen LogP contribution in [0, 0.1) is 0 Å². The number of nitrogens with zero attached hydrogens (tertiary/aromatic N) is 1. The van der Waals surface area contributed by atoms with Crippen molar-refractivity contribution in [3.8, 4) is 0 Å². The minimum atomic E-state index is -2.22. The lowest BCUT2D eigenvalue weighted by Gasteiger charge is -2.35. The minimum Gasteiger partial charge on any atom is -0.353 e. The van der Waals surface area contributed by atoms with Crippen LogP contribution in [0.3, 0.4) is 0 Å². The number of hydrogen-bond donors (Lipinski definition) is 4. The number of rotatable bonds is 2. The van der Waals surface area contributed by atoms with Gasteiger partial charge in [0.25, 0.3) is 0 Å². The van der Waals surface area contributed by atoms with Gasteiger partial charge in [-0.1, -0.05) is 0 Å². The predicted molar refractivity (Wildman–Crippen MR) is 33.4 cm³/mol. The van der Waals surface area contributed by atoms with Gasteiger partial charge in [0, 0.05) is 13.8 Å². The largest absolute Gasteiger partial charge is 0.353 e. The molecular formula is C5H13NO4. The van der Waals surface area contributed by atoms with E-state index in [0.717, 1.165) is 13.8 Å². The average molecular weight is 151 g/mol. The summed E-state index contributed by atoms with van der Waals surface area (Å²) in [6, 6.07) is 0. The van der Waals surface area contributed by atoms with Gasteiger partial charge >= 0.3 is 0 Å². The summed E-state index contributed by atoms with van der Waals surface area (Å²) >= 11 is 0. The smallest absolute Gasteiger partial charge is 0.225 e. The van der Waals surface area contributed by atoms with E-state index in [1.165, 1.54) is 7.05 Å². The maximum absolute atomic E-state index is 8.78. The predicted octanol–water partition coefficient (Wildman–Crippen LogP) is -1.77. The fourth-order valence-electron chi connectivity index (χ4n) is 0.401. The summed E-state index contributed by atoms with van der Waals surface area (Å²) in [5.74, 6) is -4.45. The molecule has 0 saturated heterocycles. The molecular weight excluding hydrogens is 138 g/mol. The first-order chi connectivity index (χ1) is 4.15. The van der Waals surface area contributed by atoms with Gasteiger partial charge in [0.05, 0.1) is 0 Å². The van der Waals surface area contributed by atoms with Crippen LogP contribution >= 0.6 is 0 Å². The Balaban J connectivity index is 4.23. The van der Waals surface area contributed by atoms with E-state index in [1.807, 2.05) is 0 Å². The molecule has 0 radical (unpaired) electrons. The molecule has 0 amide bonds. The van der Waals surface area contributed by atoms with E-state index in [2.05, 4.69) is 0 Å². The third-order valence-corrected chi connectivity index (χ3v) is 1.27. The summed E-state index contributed by atoms with van der Waals surface area (Å²) in [5, 5.41) is 35.1. The van der Waals surface area contributed by atoms with Crippen LogP contribution in [0.5, 0.6) is 0 Å². The lowest BCUT2D eigenvalue weighted by molar-refractivity contribution is -0.362. The Bertz CT molecular complexity index is 97.8. The summed E-state index contributed by atoms with van der Waals surface area (Å²) in [6.07, 6.45) is 0. The first-order valence-corrected chi connectivity index (χ1v) is 2.79. The van der Waals surface area contributed by atoms with Gasteiger partial charge in [-0.05, 0) is 7.05 Å². The van der Waals surface area contributed by atoms with Gasteiger partial charge in [0.2, 0.25) is 11.8 Å². The maximum Gasteiger partial charge on any atom is 0.225 e. The first-order valence-electron chi connectivity index (χ1n) is 2.79. The zero-order chi connectivity index (χ0) is 8.58. The van der Waals surface area contributed by atoms with Crippen molar-refractivity contribution in [1.82, 2.24) is 4.90 Å². The van der Waals surface area contributed by atoms with Crippen molar-refractivity contribution in [3.05, 3.63) is 0 Å². The van der Waals surface area contributed by atoms with Crippen molar-refractivity contribution < 1.29 is 20.4 Å². The van der Waals surface area contributed by atoms with E-state index in [0.29, 0.717) is 4.90 Å². The van der Waals surface area contributed by atoms with Crippen molar-refractivity contribution in [2.24, 2.45) is 0 Å². The third kappa shape index (κ3) is 2.59. The monoisotopic (exact) mass is 151 g/mol. The van der Waals surface area contributed by atoms with Crippen LogP contribution in [0.2, 0.25) is 0 Å². The van der Waals surface area contributed by atoms with Crippen LogP contribution in [0.1, 0.15) is 13.8 Å². The highest BCUT2D eigenvalue weighted by molar-refractivity contribution is 4.62. The highest BCUT2D eigenvalue weighted by atomic mass is 16.6. The number of hydrogen-bond acceptors (Lipinski definition) is 5. The zero-order valence-corrected chi connectivity index (χ0v) is 6.24. The molecule has 4 N–H and O–H groups in total. The summed E-state index contributed by atoms with van der Waals surface area (Å²) in [7, 11) is 1.17. The van der Waals surface area contributed by atoms with Crippen molar-refractivity contribution in [2.75, 3.05) is 7.05 Å². The second kappa shape index (κ2) is 2.44. The van der Waals surface area contributed by atoms with Gasteiger partial charge in [-0.15, -0.1) is 0 Å². The molecule has 5 nitrogen and oxygen atoms in total. The SMILES string of the molecule is CN(C(C)(O)O)C(C)(O)O. The van der Waals surface area contributed by atoms with Crippen LogP contribution in [-0.2, 0) is 0 Å². The molecule has 10 heavy (non-hydrogen) atoms. The first kappa shape index (κ1) is 9.80. The normalized spacial score (nSPS) is 14.4. The van der Waals surface area contributed by atoms with E-state index in [1.54, 1.807) is 0 Å². The van der Waals surface area contributed by atoms with E-state index in [9.17, 15) is 0 Å². The molecule has 5 heteroatoms. The average Bonchev–Trinajstić information content (AvgIpc) is 1.59. The standard InChI is InChI=1S/C5H13NO4/c1-4(7,8)6(3)5(2,9)10/h7-10H,1-3H3. The quantitative estimate of drug-likeness (QED) is 0.351. The second-order valence-electron chi connectivity index (χ2n) is 2.50. The van der Waals surface area contributed by atoms with Gasteiger partial charge in [-0.25, -0.2) is 4.90 Å². The van der Waals surface area contributed by atoms with Crippen molar-refractivity contribution in [3.63, 3.8) is 0 Å². The molecule has 0 unspecified atom stereocenters. The Kier molecular flexibility index (Phi) is 2.40. The molecule has 0 aromatic heterocycles. The van der Waals surface area contributed by atoms with E-state index in [-0.39, 0.29) is 0 Å². The molecule has 0 atom stereocenters. The lowest BCUT2D eigenvalue weighted by Crippen LogP contribution is -2.56. The molecule has 0 aliphatic heterocycles. The molecule has 0 bridgehead atoms. The van der Waals surface area contributed by atoms with Crippen LogP contribution in [0.4, 0.5) is 0 Å². The minimum absolute atomic E-state index is 0.597. The lowest BCUT2D eigenvalue weighted by atomic mass is 10.4. The molecule has 0 saturated carbocycles. The molecule has 0 aliphatic rings. The van der Waals surface area contributed by atoms with E-state index >= 15 is 0 Å². The molecule has 0 aromatic carbocycles. The Morgan fingerprint density at radius 1 is 0.900 bits per heavy atom. The summed E-state index contributed by atoms with van der Waals surface area (Å²) < 4.78 is 0. The van der Waals surface area contributed by atoms with Crippen LogP contribution < -0.4 is 0 Å². The van der Waals surface area contributed by atoms with Crippen molar-refractivity contribution in [2.45, 2.75) is 25.7 Å². The Labute approximate surface area is 59.1 Å². The molecule has 0 fully saturated rings. The zero-order valence-electron chi connectivity index (χ0n) is 6.24. The van der Waals surface area contributed by atoms with Gasteiger partial charge < -0.3 is 20.4 Å². The van der Waals surface area contributed by atoms with Gasteiger partial charge in [-0.3, -0.25) is 0 Å². The molecule has 0 spiro atoms. The fraction of sp³-hybridized carbons (Fsp3) is 1.00. The van der Waals surface area contributed by atoms with Crippen LogP contribution in [-0.4, -0.2) is 44.2 Å².